The van der Waals surface area contributed by atoms with Crippen LogP contribution in [0.5, 0.6) is 0 Å². The first kappa shape index (κ1) is 13.7. The Morgan fingerprint density at radius 2 is 2.00 bits per heavy atom. The number of carbonyl (C=O) groups excluding carboxylic acids is 1. The van der Waals surface area contributed by atoms with Gasteiger partial charge in [-0.3, -0.25) is 4.79 Å². The highest BCUT2D eigenvalue weighted by Gasteiger charge is 2.04. The number of nitrogens with zero attached hydrogens (tertiary/aromatic N) is 1. The summed E-state index contributed by atoms with van der Waals surface area (Å²) < 4.78 is 0. The fraction of sp³-hybridized carbons (Fsp3) is 0.0769. The number of rotatable bonds is 4. The van der Waals surface area contributed by atoms with Crippen LogP contribution in [-0.4, -0.2) is 16.6 Å². The second-order valence-corrected chi connectivity index (χ2v) is 5.25. The number of nitrogens with one attached hydrogen (secondary N) is 1. The summed E-state index contributed by atoms with van der Waals surface area (Å²) in [6.07, 6.45) is 1.65. The number of benzene rings is 1. The fourth-order valence-corrected chi connectivity index (χ4v) is 2.14. The van der Waals surface area contributed by atoms with Gasteiger partial charge >= 0.3 is 0 Å². The number of carbonyl (C=O) groups is 1. The van der Waals surface area contributed by atoms with E-state index in [0.717, 1.165) is 10.6 Å². The van der Waals surface area contributed by atoms with Gasteiger partial charge in [-0.25, -0.2) is 4.98 Å². The Labute approximate surface area is 120 Å². The van der Waals surface area contributed by atoms with Gasteiger partial charge in [-0.1, -0.05) is 11.6 Å². The lowest BCUT2D eigenvalue weighted by atomic mass is 10.3. The van der Waals surface area contributed by atoms with Gasteiger partial charge in [0.15, 0.2) is 0 Å². The second kappa shape index (κ2) is 6.45. The molecule has 2 aromatic rings. The van der Waals surface area contributed by atoms with Gasteiger partial charge in [0.25, 0.3) is 0 Å². The molecule has 0 aliphatic rings. The third-order valence-corrected chi connectivity index (χ3v) is 3.49. The van der Waals surface area contributed by atoms with Crippen molar-refractivity contribution in [1.82, 2.24) is 4.98 Å². The summed E-state index contributed by atoms with van der Waals surface area (Å²) >= 11 is 7.17. The van der Waals surface area contributed by atoms with Gasteiger partial charge in [0, 0.05) is 21.8 Å². The monoisotopic (exact) mass is 293 g/mol. The van der Waals surface area contributed by atoms with E-state index in [-0.39, 0.29) is 5.91 Å². The van der Waals surface area contributed by atoms with Crippen LogP contribution in [-0.2, 0) is 4.79 Å². The molecule has 1 aromatic carbocycles. The van der Waals surface area contributed by atoms with Crippen molar-refractivity contribution in [2.45, 2.75) is 4.90 Å². The van der Waals surface area contributed by atoms with Crippen LogP contribution in [0.15, 0.2) is 47.5 Å². The Balaban J connectivity index is 1.84. The number of amides is 1. The molecule has 0 atom stereocenters. The standard InChI is InChI=1S/C13H12ClN3OS/c14-9-1-3-10(4-2-9)17-13(18)8-19-11-5-6-12(15)16-7-11/h1-7H,8H2,(H2,15,16)(H,17,18). The van der Waals surface area contributed by atoms with Crippen molar-refractivity contribution >= 4 is 40.8 Å². The molecule has 19 heavy (non-hydrogen) atoms. The van der Waals surface area contributed by atoms with Crippen molar-refractivity contribution < 1.29 is 4.79 Å². The Morgan fingerprint density at radius 3 is 2.63 bits per heavy atom. The number of hydrogen-bond acceptors (Lipinski definition) is 4. The minimum Gasteiger partial charge on any atom is -0.384 e. The predicted molar refractivity (Wildman–Crippen MR) is 79.5 cm³/mol. The maximum Gasteiger partial charge on any atom is 0.234 e. The highest BCUT2D eigenvalue weighted by atomic mass is 35.5. The fourth-order valence-electron chi connectivity index (χ4n) is 1.36. The molecule has 0 aliphatic heterocycles. The van der Waals surface area contributed by atoms with E-state index in [4.69, 9.17) is 17.3 Å². The summed E-state index contributed by atoms with van der Waals surface area (Å²) in [7, 11) is 0. The highest BCUT2D eigenvalue weighted by Crippen LogP contribution is 2.18. The second-order valence-electron chi connectivity index (χ2n) is 3.76. The number of nitrogens with two attached hydrogens (primary N) is 1. The average Bonchev–Trinajstić information content (AvgIpc) is 2.41. The van der Waals surface area contributed by atoms with E-state index in [1.54, 1.807) is 36.5 Å². The van der Waals surface area contributed by atoms with Gasteiger partial charge < -0.3 is 11.1 Å². The van der Waals surface area contributed by atoms with E-state index < -0.39 is 0 Å². The van der Waals surface area contributed by atoms with Crippen LogP contribution in [0, 0.1) is 0 Å². The molecule has 0 unspecified atom stereocenters. The van der Waals surface area contributed by atoms with Crippen LogP contribution >= 0.6 is 23.4 Å². The maximum atomic E-state index is 11.7. The van der Waals surface area contributed by atoms with Crippen LogP contribution in [0.25, 0.3) is 0 Å². The molecular formula is C13H12ClN3OS. The van der Waals surface area contributed by atoms with Crippen LogP contribution in [0.4, 0.5) is 11.5 Å². The number of nitrogen functional groups attached to an aromatic ring is 1. The topological polar surface area (TPSA) is 68.0 Å². The molecule has 0 fully saturated rings. The summed E-state index contributed by atoms with van der Waals surface area (Å²) in [6.45, 7) is 0. The third kappa shape index (κ3) is 4.46. The number of aromatic nitrogens is 1. The lowest BCUT2D eigenvalue weighted by Crippen LogP contribution is -2.13. The molecule has 4 nitrogen and oxygen atoms in total. The summed E-state index contributed by atoms with van der Waals surface area (Å²) in [6, 6.07) is 10.5. The van der Waals surface area contributed by atoms with Gasteiger partial charge in [0.05, 0.1) is 5.75 Å². The van der Waals surface area contributed by atoms with Crippen molar-refractivity contribution in [3.05, 3.63) is 47.6 Å². The molecule has 1 aromatic heterocycles. The van der Waals surface area contributed by atoms with Crippen molar-refractivity contribution in [1.29, 1.82) is 0 Å². The van der Waals surface area contributed by atoms with Gasteiger partial charge in [0.2, 0.25) is 5.91 Å². The Bertz CT molecular complexity index is 557. The SMILES string of the molecule is Nc1ccc(SCC(=O)Nc2ccc(Cl)cc2)cn1. The molecule has 6 heteroatoms. The quantitative estimate of drug-likeness (QED) is 0.850. The lowest BCUT2D eigenvalue weighted by molar-refractivity contribution is -0.113. The summed E-state index contributed by atoms with van der Waals surface area (Å²) in [5.41, 5.74) is 6.21. The van der Waals surface area contributed by atoms with Crippen LogP contribution in [0.3, 0.4) is 0 Å². The number of halogens is 1. The molecule has 0 saturated carbocycles. The van der Waals surface area contributed by atoms with Crippen LogP contribution in [0.2, 0.25) is 5.02 Å². The van der Waals surface area contributed by atoms with E-state index in [1.807, 2.05) is 6.07 Å². The van der Waals surface area contributed by atoms with E-state index in [1.165, 1.54) is 11.8 Å². The van der Waals surface area contributed by atoms with E-state index in [0.29, 0.717) is 16.6 Å². The van der Waals surface area contributed by atoms with Gasteiger partial charge in [-0.2, -0.15) is 0 Å². The van der Waals surface area contributed by atoms with Crippen molar-refractivity contribution in [2.75, 3.05) is 16.8 Å². The van der Waals surface area contributed by atoms with Gasteiger partial charge in [0.1, 0.15) is 5.82 Å². The Kier molecular flexibility index (Phi) is 4.65. The number of anilines is 2. The molecular weight excluding hydrogens is 282 g/mol. The minimum absolute atomic E-state index is 0.0795. The lowest BCUT2D eigenvalue weighted by Gasteiger charge is -2.05. The predicted octanol–water partition coefficient (Wildman–Crippen LogP) is 3.05. The van der Waals surface area contributed by atoms with Gasteiger partial charge in [-0.05, 0) is 36.4 Å². The molecule has 0 spiro atoms. The van der Waals surface area contributed by atoms with E-state index >= 15 is 0 Å². The Hall–Kier alpha value is -1.72. The number of pyridine rings is 1. The number of thioether (sulfide) groups is 1. The first-order valence-electron chi connectivity index (χ1n) is 5.53. The first-order chi connectivity index (χ1) is 9.13. The molecule has 0 aliphatic carbocycles. The van der Waals surface area contributed by atoms with Crippen molar-refractivity contribution in [3.8, 4) is 0 Å². The van der Waals surface area contributed by atoms with E-state index in [9.17, 15) is 4.79 Å². The largest absolute Gasteiger partial charge is 0.384 e. The summed E-state index contributed by atoms with van der Waals surface area (Å²) in [5.74, 6) is 0.702. The highest BCUT2D eigenvalue weighted by molar-refractivity contribution is 8.00. The van der Waals surface area contributed by atoms with Crippen molar-refractivity contribution in [3.63, 3.8) is 0 Å². The normalized spacial score (nSPS) is 10.2. The van der Waals surface area contributed by atoms with Crippen molar-refractivity contribution in [2.24, 2.45) is 0 Å². The maximum absolute atomic E-state index is 11.7. The summed E-state index contributed by atoms with van der Waals surface area (Å²) in [4.78, 5) is 16.6. The molecule has 2 rings (SSSR count). The molecule has 98 valence electrons. The van der Waals surface area contributed by atoms with Crippen LogP contribution in [0.1, 0.15) is 0 Å². The van der Waals surface area contributed by atoms with Crippen LogP contribution < -0.4 is 11.1 Å². The molecule has 0 saturated heterocycles. The zero-order valence-corrected chi connectivity index (χ0v) is 11.5. The zero-order chi connectivity index (χ0) is 13.7. The minimum atomic E-state index is -0.0795. The summed E-state index contributed by atoms with van der Waals surface area (Å²) in [5, 5.41) is 3.43. The molecule has 0 radical (unpaired) electrons. The number of hydrogen-bond donors (Lipinski definition) is 2. The van der Waals surface area contributed by atoms with Gasteiger partial charge in [-0.15, -0.1) is 11.8 Å². The third-order valence-electron chi connectivity index (χ3n) is 2.26. The first-order valence-corrected chi connectivity index (χ1v) is 6.89. The average molecular weight is 294 g/mol. The Morgan fingerprint density at radius 1 is 1.26 bits per heavy atom. The smallest absolute Gasteiger partial charge is 0.234 e. The molecule has 1 heterocycles. The van der Waals surface area contributed by atoms with E-state index in [2.05, 4.69) is 10.3 Å². The molecule has 1 amide bonds. The molecule has 0 bridgehead atoms. The molecule has 3 N–H and O–H groups in total. The zero-order valence-electron chi connectivity index (χ0n) is 9.97.